The van der Waals surface area contributed by atoms with Crippen LogP contribution in [0.15, 0.2) is 158 Å². The molecule has 0 aromatic heterocycles. The fourth-order valence-corrected chi connectivity index (χ4v) is 7.32. The van der Waals surface area contributed by atoms with Crippen LogP contribution in [0.3, 0.4) is 0 Å². The number of unbranched alkanes of at least 4 members (excludes halogenated alkanes) is 17. The summed E-state index contributed by atoms with van der Waals surface area (Å²) in [7, 11) is 0. The highest BCUT2D eigenvalue weighted by atomic mass is 16.3. The van der Waals surface area contributed by atoms with Crippen LogP contribution < -0.4 is 5.32 Å². The predicted molar refractivity (Wildman–Crippen MR) is 303 cm³/mol. The average molecular weight is 935 g/mol. The van der Waals surface area contributed by atoms with E-state index in [4.69, 9.17) is 0 Å². The summed E-state index contributed by atoms with van der Waals surface area (Å²) in [4.78, 5) is 12.4. The van der Waals surface area contributed by atoms with Crippen LogP contribution in [-0.4, -0.2) is 34.9 Å². The first-order valence-electron chi connectivity index (χ1n) is 27.7. The molecule has 4 nitrogen and oxygen atoms in total. The van der Waals surface area contributed by atoms with E-state index in [1.807, 2.05) is 6.08 Å². The third kappa shape index (κ3) is 53.0. The summed E-state index contributed by atoms with van der Waals surface area (Å²) in [5, 5.41) is 23.1. The average Bonchev–Trinajstić information content (AvgIpc) is 3.34. The summed E-state index contributed by atoms with van der Waals surface area (Å²) in [6.07, 6.45) is 92.4. The number of allylic oxidation sites excluding steroid dienone is 25. The molecule has 0 saturated heterocycles. The molecule has 0 rings (SSSR count). The van der Waals surface area contributed by atoms with Gasteiger partial charge in [-0.2, -0.15) is 0 Å². The molecule has 1 amide bonds. The first-order valence-corrected chi connectivity index (χ1v) is 27.7. The number of aliphatic hydroxyl groups excluding tert-OH is 2. The Morgan fingerprint density at radius 1 is 0.368 bits per heavy atom. The van der Waals surface area contributed by atoms with Gasteiger partial charge in [0.15, 0.2) is 0 Å². The molecule has 68 heavy (non-hydrogen) atoms. The van der Waals surface area contributed by atoms with Crippen LogP contribution in [0.25, 0.3) is 0 Å². The minimum Gasteiger partial charge on any atom is -0.394 e. The number of hydrogen-bond donors (Lipinski definition) is 3. The van der Waals surface area contributed by atoms with Gasteiger partial charge in [-0.25, -0.2) is 0 Å². The van der Waals surface area contributed by atoms with Crippen molar-refractivity contribution in [3.8, 4) is 0 Å². The van der Waals surface area contributed by atoms with Gasteiger partial charge in [-0.3, -0.25) is 4.79 Å². The van der Waals surface area contributed by atoms with Crippen molar-refractivity contribution in [3.63, 3.8) is 0 Å². The van der Waals surface area contributed by atoms with Gasteiger partial charge in [0, 0.05) is 6.42 Å². The van der Waals surface area contributed by atoms with Crippen LogP contribution >= 0.6 is 0 Å². The topological polar surface area (TPSA) is 69.6 Å². The van der Waals surface area contributed by atoms with Crippen molar-refractivity contribution in [2.24, 2.45) is 0 Å². The summed E-state index contributed by atoms with van der Waals surface area (Å²) in [5.74, 6) is -0.112. The molecule has 0 bridgehead atoms. The van der Waals surface area contributed by atoms with Gasteiger partial charge in [0.1, 0.15) is 0 Å². The fourth-order valence-electron chi connectivity index (χ4n) is 7.32. The first kappa shape index (κ1) is 64.0. The Labute approximate surface area is 420 Å². The molecule has 2 atom stereocenters. The Morgan fingerprint density at radius 2 is 0.662 bits per heavy atom. The number of aliphatic hydroxyl groups is 2. The molecule has 0 spiro atoms. The highest BCUT2D eigenvalue weighted by Gasteiger charge is 2.17. The van der Waals surface area contributed by atoms with Crippen molar-refractivity contribution in [3.05, 3.63) is 158 Å². The summed E-state index contributed by atoms with van der Waals surface area (Å²) >= 11 is 0. The molecule has 0 aliphatic heterocycles. The predicted octanol–water partition coefficient (Wildman–Crippen LogP) is 18.6. The van der Waals surface area contributed by atoms with E-state index >= 15 is 0 Å². The van der Waals surface area contributed by atoms with Gasteiger partial charge in [0.2, 0.25) is 5.91 Å². The van der Waals surface area contributed by atoms with Crippen molar-refractivity contribution in [2.45, 2.75) is 231 Å². The lowest BCUT2D eigenvalue weighted by atomic mass is 10.0. The Bertz CT molecular complexity index is 1480. The van der Waals surface area contributed by atoms with E-state index in [0.717, 1.165) is 116 Å². The summed E-state index contributed by atoms with van der Waals surface area (Å²) in [6.45, 7) is 4.16. The Hall–Kier alpha value is -3.99. The molecular formula is C64H103NO3. The Kier molecular flexibility index (Phi) is 54.0. The molecule has 0 aliphatic carbocycles. The maximum absolute atomic E-state index is 12.4. The van der Waals surface area contributed by atoms with E-state index in [-0.39, 0.29) is 12.5 Å². The van der Waals surface area contributed by atoms with Crippen molar-refractivity contribution in [1.82, 2.24) is 5.32 Å². The molecule has 0 aromatic carbocycles. The molecule has 0 saturated carbocycles. The van der Waals surface area contributed by atoms with Crippen LogP contribution in [0.2, 0.25) is 0 Å². The van der Waals surface area contributed by atoms with Gasteiger partial charge in [0.25, 0.3) is 0 Å². The third-order valence-corrected chi connectivity index (χ3v) is 11.5. The molecule has 382 valence electrons. The van der Waals surface area contributed by atoms with Gasteiger partial charge in [-0.05, 0) is 116 Å². The van der Waals surface area contributed by atoms with Gasteiger partial charge in [0.05, 0.1) is 18.8 Å². The second-order valence-corrected chi connectivity index (χ2v) is 17.9. The molecule has 2 unspecified atom stereocenters. The standard InChI is InChI=1S/C64H103NO3/c1-3-5-7-9-11-13-15-17-19-21-23-24-25-26-27-28-29-30-31-32-33-34-35-36-37-38-39-40-42-44-46-48-50-52-54-56-58-60-64(68)65-62(61-66)63(67)59-57-55-53-51-49-47-45-43-41-22-20-18-16-14-12-10-8-6-4-2/h5,7,11,13,17,19,23-24,26-27,29-30,32-33,35-36,38-39,42,44,48-51,57,59,62-63,66-67H,3-4,6,8-10,12,14-16,18,20-22,25,28,31,34,37,40-41,43,45-47,52-56,58,60-61H2,1-2H3,(H,65,68)/b7-5-,13-11-,19-17-,24-23-,27-26-,30-29-,33-32-,36-35-,39-38-,44-42-,50-48-,51-49+,59-57+. The van der Waals surface area contributed by atoms with Crippen LogP contribution in [-0.2, 0) is 4.79 Å². The molecule has 3 N–H and O–H groups in total. The maximum atomic E-state index is 12.4. The summed E-state index contributed by atoms with van der Waals surface area (Å²) < 4.78 is 0. The van der Waals surface area contributed by atoms with Crippen molar-refractivity contribution < 1.29 is 15.0 Å². The molecule has 0 aliphatic rings. The lowest BCUT2D eigenvalue weighted by molar-refractivity contribution is -0.123. The van der Waals surface area contributed by atoms with Gasteiger partial charge in [-0.15, -0.1) is 0 Å². The minimum absolute atomic E-state index is 0.112. The summed E-state index contributed by atoms with van der Waals surface area (Å²) in [6, 6.07) is -0.670. The van der Waals surface area contributed by atoms with E-state index in [0.29, 0.717) is 6.42 Å². The van der Waals surface area contributed by atoms with E-state index in [2.05, 4.69) is 165 Å². The normalized spacial score (nSPS) is 14.1. The number of nitrogens with one attached hydrogen (secondary N) is 1. The van der Waals surface area contributed by atoms with Crippen LogP contribution in [0.5, 0.6) is 0 Å². The number of rotatable bonds is 48. The minimum atomic E-state index is -0.889. The second-order valence-electron chi connectivity index (χ2n) is 17.9. The summed E-state index contributed by atoms with van der Waals surface area (Å²) in [5.41, 5.74) is 0. The molecule has 0 fully saturated rings. The zero-order valence-electron chi connectivity index (χ0n) is 43.8. The lowest BCUT2D eigenvalue weighted by Gasteiger charge is -2.19. The van der Waals surface area contributed by atoms with Crippen molar-refractivity contribution in [1.29, 1.82) is 0 Å². The largest absolute Gasteiger partial charge is 0.394 e. The number of carbonyl (C=O) groups excluding carboxylic acids is 1. The highest BCUT2D eigenvalue weighted by Crippen LogP contribution is 2.13. The Morgan fingerprint density at radius 3 is 1.03 bits per heavy atom. The number of amides is 1. The molecule has 0 radical (unpaired) electrons. The van der Waals surface area contributed by atoms with Crippen LogP contribution in [0.1, 0.15) is 219 Å². The van der Waals surface area contributed by atoms with Gasteiger partial charge < -0.3 is 15.5 Å². The molecule has 0 heterocycles. The van der Waals surface area contributed by atoms with E-state index in [9.17, 15) is 15.0 Å². The SMILES string of the molecule is CC/C=C\C/C=C\C/C=C\C/C=C\C/C=C\C/C=C\C/C=C\C/C=C\C/C=C\C/C=C\C/C=C\CCCCCC(=O)NC(CO)C(O)/C=C/CC/C=C/CCCCCCCCCCCCCCC. The zero-order valence-corrected chi connectivity index (χ0v) is 43.8. The van der Waals surface area contributed by atoms with E-state index < -0.39 is 12.1 Å². The zero-order chi connectivity index (χ0) is 49.2. The first-order chi connectivity index (χ1) is 33.7. The number of carbonyl (C=O) groups is 1. The third-order valence-electron chi connectivity index (χ3n) is 11.5. The van der Waals surface area contributed by atoms with E-state index in [1.165, 1.54) is 83.5 Å². The highest BCUT2D eigenvalue weighted by molar-refractivity contribution is 5.76. The van der Waals surface area contributed by atoms with Crippen LogP contribution in [0.4, 0.5) is 0 Å². The smallest absolute Gasteiger partial charge is 0.220 e. The van der Waals surface area contributed by atoms with E-state index in [1.54, 1.807) is 6.08 Å². The van der Waals surface area contributed by atoms with Crippen molar-refractivity contribution >= 4 is 5.91 Å². The van der Waals surface area contributed by atoms with Gasteiger partial charge >= 0.3 is 0 Å². The van der Waals surface area contributed by atoms with Gasteiger partial charge in [-0.1, -0.05) is 255 Å². The fraction of sp³-hybridized carbons (Fsp3) is 0.578. The van der Waals surface area contributed by atoms with Crippen molar-refractivity contribution in [2.75, 3.05) is 6.61 Å². The lowest BCUT2D eigenvalue weighted by Crippen LogP contribution is -2.45. The second kappa shape index (κ2) is 57.3. The molecular weight excluding hydrogens is 831 g/mol. The quantitative estimate of drug-likeness (QED) is 0.0421. The molecule has 4 heteroatoms. The monoisotopic (exact) mass is 934 g/mol. The maximum Gasteiger partial charge on any atom is 0.220 e. The molecule has 0 aromatic rings. The Balaban J connectivity index is 3.75. The van der Waals surface area contributed by atoms with Crippen LogP contribution in [0, 0.1) is 0 Å². The number of hydrogen-bond acceptors (Lipinski definition) is 3.